The monoisotopic (exact) mass is 465 g/mol. The van der Waals surface area contributed by atoms with Crippen LogP contribution in [0.4, 0.5) is 5.82 Å². The smallest absolute Gasteiger partial charge is 0.223 e. The fourth-order valence-corrected chi connectivity index (χ4v) is 4.28. The molecule has 1 aromatic carbocycles. The number of benzene rings is 1. The molecule has 0 aliphatic carbocycles. The lowest BCUT2D eigenvalue weighted by Gasteiger charge is -2.32. The van der Waals surface area contributed by atoms with Gasteiger partial charge in [-0.2, -0.15) is 5.10 Å². The second-order valence-corrected chi connectivity index (χ2v) is 8.74. The number of hydrogen-bond acceptors (Lipinski definition) is 6. The summed E-state index contributed by atoms with van der Waals surface area (Å²) in [7, 11) is 1.68. The van der Waals surface area contributed by atoms with E-state index < -0.39 is 0 Å². The first-order valence-electron chi connectivity index (χ1n) is 12.3. The lowest BCUT2D eigenvalue weighted by atomic mass is 9.96. The van der Waals surface area contributed by atoms with Crippen LogP contribution in [0.5, 0.6) is 5.75 Å². The van der Waals surface area contributed by atoms with Crippen LogP contribution >= 0.6 is 0 Å². The number of rotatable bonds is 11. The Morgan fingerprint density at radius 1 is 1.15 bits per heavy atom. The Kier molecular flexibility index (Phi) is 8.36. The molecule has 3 heterocycles. The van der Waals surface area contributed by atoms with Gasteiger partial charge in [0.15, 0.2) is 5.82 Å². The molecule has 0 atom stereocenters. The third-order valence-corrected chi connectivity index (χ3v) is 6.28. The highest BCUT2D eigenvalue weighted by Crippen LogP contribution is 2.29. The number of hydrogen-bond donors (Lipinski definition) is 1. The first-order chi connectivity index (χ1) is 16.7. The number of nitrogens with zero attached hydrogens (tertiary/aromatic N) is 4. The van der Waals surface area contributed by atoms with Crippen molar-refractivity contribution in [3.05, 3.63) is 42.7 Å². The molecule has 0 bridgehead atoms. The number of amides is 1. The van der Waals surface area contributed by atoms with E-state index in [0.717, 1.165) is 80.1 Å². The molecule has 182 valence electrons. The lowest BCUT2D eigenvalue weighted by molar-refractivity contribution is -0.125. The highest BCUT2D eigenvalue weighted by atomic mass is 16.5. The van der Waals surface area contributed by atoms with Crippen molar-refractivity contribution in [2.45, 2.75) is 39.0 Å². The van der Waals surface area contributed by atoms with Gasteiger partial charge in [-0.15, -0.1) is 0 Å². The van der Waals surface area contributed by atoms with Gasteiger partial charge < -0.3 is 19.7 Å². The van der Waals surface area contributed by atoms with E-state index in [1.165, 1.54) is 0 Å². The van der Waals surface area contributed by atoms with E-state index in [0.29, 0.717) is 13.2 Å². The fourth-order valence-electron chi connectivity index (χ4n) is 4.28. The standard InChI is InChI=1S/C26H35N5O3/c1-3-4-18-34-22-8-6-20(7-9-22)23-19-24-25(27-13-16-31(24)29-23)30-14-10-21(11-15-30)26(32)28-12-5-17-33-2/h6-9,13,16,19,21H,3-5,10-12,14-15,17-18H2,1-2H3,(H,28,32). The van der Waals surface area contributed by atoms with Crippen LogP contribution in [0.15, 0.2) is 42.7 Å². The summed E-state index contributed by atoms with van der Waals surface area (Å²) in [5.74, 6) is 2.00. The normalized spacial score (nSPS) is 14.5. The summed E-state index contributed by atoms with van der Waals surface area (Å²) in [4.78, 5) is 19.4. The molecule has 1 saturated heterocycles. The van der Waals surface area contributed by atoms with Crippen LogP contribution in [0.3, 0.4) is 0 Å². The Hall–Kier alpha value is -3.13. The molecule has 8 nitrogen and oxygen atoms in total. The van der Waals surface area contributed by atoms with E-state index in [1.54, 1.807) is 13.3 Å². The Morgan fingerprint density at radius 3 is 2.68 bits per heavy atom. The predicted molar refractivity (Wildman–Crippen MR) is 133 cm³/mol. The molecule has 1 aliphatic rings. The number of ether oxygens (including phenoxy) is 2. The quantitative estimate of drug-likeness (QED) is 0.432. The molecule has 0 spiro atoms. The van der Waals surface area contributed by atoms with Crippen LogP contribution in [0.1, 0.15) is 39.0 Å². The maximum absolute atomic E-state index is 12.5. The van der Waals surface area contributed by atoms with Crippen molar-refractivity contribution in [1.29, 1.82) is 0 Å². The molecule has 2 aromatic heterocycles. The molecule has 1 fully saturated rings. The number of carbonyl (C=O) groups excluding carboxylic acids is 1. The number of unbranched alkanes of at least 4 members (excludes halogenated alkanes) is 1. The molecule has 0 saturated carbocycles. The molecule has 1 N–H and O–H groups in total. The van der Waals surface area contributed by atoms with E-state index in [4.69, 9.17) is 14.6 Å². The maximum atomic E-state index is 12.5. The number of nitrogens with one attached hydrogen (secondary N) is 1. The van der Waals surface area contributed by atoms with Gasteiger partial charge in [0.1, 0.15) is 11.3 Å². The van der Waals surface area contributed by atoms with Crippen molar-refractivity contribution in [3.8, 4) is 17.0 Å². The number of anilines is 1. The van der Waals surface area contributed by atoms with Crippen LogP contribution in [0, 0.1) is 5.92 Å². The van der Waals surface area contributed by atoms with Gasteiger partial charge in [-0.3, -0.25) is 4.79 Å². The third kappa shape index (κ3) is 5.86. The Labute approximate surface area is 201 Å². The maximum Gasteiger partial charge on any atom is 0.223 e. The Balaban J connectivity index is 1.40. The molecule has 1 aliphatic heterocycles. The molecule has 1 amide bonds. The summed E-state index contributed by atoms with van der Waals surface area (Å²) in [6.45, 7) is 5.83. The van der Waals surface area contributed by atoms with Gasteiger partial charge in [-0.1, -0.05) is 13.3 Å². The summed E-state index contributed by atoms with van der Waals surface area (Å²) in [5, 5.41) is 7.81. The van der Waals surface area contributed by atoms with E-state index in [-0.39, 0.29) is 11.8 Å². The van der Waals surface area contributed by atoms with Crippen molar-refractivity contribution in [1.82, 2.24) is 19.9 Å². The zero-order valence-electron chi connectivity index (χ0n) is 20.2. The zero-order chi connectivity index (χ0) is 23.8. The summed E-state index contributed by atoms with van der Waals surface area (Å²) in [6, 6.07) is 10.2. The largest absolute Gasteiger partial charge is 0.494 e. The van der Waals surface area contributed by atoms with Gasteiger partial charge in [-0.05, 0) is 56.0 Å². The van der Waals surface area contributed by atoms with Crippen molar-refractivity contribution >= 4 is 17.2 Å². The number of fused-ring (bicyclic) bond motifs is 1. The Morgan fingerprint density at radius 2 is 1.94 bits per heavy atom. The van der Waals surface area contributed by atoms with Crippen LogP contribution < -0.4 is 15.0 Å². The van der Waals surface area contributed by atoms with Gasteiger partial charge in [0.2, 0.25) is 5.91 Å². The highest BCUT2D eigenvalue weighted by molar-refractivity contribution is 5.79. The first kappa shape index (κ1) is 24.0. The topological polar surface area (TPSA) is 81.0 Å². The molecular weight excluding hydrogens is 430 g/mol. The minimum atomic E-state index is 0.0528. The van der Waals surface area contributed by atoms with Crippen molar-refractivity contribution in [2.24, 2.45) is 5.92 Å². The van der Waals surface area contributed by atoms with Gasteiger partial charge >= 0.3 is 0 Å². The lowest BCUT2D eigenvalue weighted by Crippen LogP contribution is -2.41. The van der Waals surface area contributed by atoms with Crippen molar-refractivity contribution < 1.29 is 14.3 Å². The fraction of sp³-hybridized carbons (Fsp3) is 0.500. The second kappa shape index (κ2) is 11.8. The van der Waals surface area contributed by atoms with E-state index in [9.17, 15) is 4.79 Å². The van der Waals surface area contributed by atoms with E-state index in [1.807, 2.05) is 35.0 Å². The minimum Gasteiger partial charge on any atom is -0.494 e. The molecule has 0 radical (unpaired) electrons. The highest BCUT2D eigenvalue weighted by Gasteiger charge is 2.26. The molecular formula is C26H35N5O3. The molecule has 8 heteroatoms. The predicted octanol–water partition coefficient (Wildman–Crippen LogP) is 3.94. The zero-order valence-corrected chi connectivity index (χ0v) is 20.2. The van der Waals surface area contributed by atoms with Gasteiger partial charge in [0.25, 0.3) is 0 Å². The average molecular weight is 466 g/mol. The number of carbonyl (C=O) groups is 1. The minimum absolute atomic E-state index is 0.0528. The van der Waals surface area contributed by atoms with Crippen LogP contribution in [-0.2, 0) is 9.53 Å². The molecule has 3 aromatic rings. The van der Waals surface area contributed by atoms with E-state index >= 15 is 0 Å². The summed E-state index contributed by atoms with van der Waals surface area (Å²) in [5.41, 5.74) is 2.92. The third-order valence-electron chi connectivity index (χ3n) is 6.28. The average Bonchev–Trinajstić information content (AvgIpc) is 3.32. The SMILES string of the molecule is CCCCOc1ccc(-c2cc3c(N4CCC(C(=O)NCCCOC)CC4)nccn3n2)cc1. The number of aromatic nitrogens is 3. The summed E-state index contributed by atoms with van der Waals surface area (Å²) >= 11 is 0. The van der Waals surface area contributed by atoms with Crippen molar-refractivity contribution in [2.75, 3.05) is 44.9 Å². The molecule has 34 heavy (non-hydrogen) atoms. The van der Waals surface area contributed by atoms with E-state index in [2.05, 4.69) is 28.2 Å². The summed E-state index contributed by atoms with van der Waals surface area (Å²) in [6.07, 6.45) is 8.32. The van der Waals surface area contributed by atoms with Crippen molar-refractivity contribution in [3.63, 3.8) is 0 Å². The molecule has 0 unspecified atom stereocenters. The molecule has 4 rings (SSSR count). The number of methoxy groups -OCH3 is 1. The Bertz CT molecular complexity index is 1060. The van der Waals surface area contributed by atoms with Gasteiger partial charge in [0.05, 0.1) is 12.3 Å². The first-order valence-corrected chi connectivity index (χ1v) is 12.3. The van der Waals surface area contributed by atoms with Gasteiger partial charge in [-0.25, -0.2) is 9.50 Å². The van der Waals surface area contributed by atoms with Crippen LogP contribution in [0.2, 0.25) is 0 Å². The van der Waals surface area contributed by atoms with Crippen LogP contribution in [0.25, 0.3) is 16.8 Å². The van der Waals surface area contributed by atoms with Gasteiger partial charge in [0, 0.05) is 57.2 Å². The van der Waals surface area contributed by atoms with Crippen LogP contribution in [-0.4, -0.2) is 60.5 Å². The summed E-state index contributed by atoms with van der Waals surface area (Å²) < 4.78 is 12.7. The second-order valence-electron chi connectivity index (χ2n) is 8.74. The number of piperidine rings is 1.